The summed E-state index contributed by atoms with van der Waals surface area (Å²) in [7, 11) is 0. The summed E-state index contributed by atoms with van der Waals surface area (Å²) < 4.78 is 0. The fraction of sp³-hybridized carbons (Fsp3) is 0.571. The quantitative estimate of drug-likeness (QED) is 0.651. The van der Waals surface area contributed by atoms with Crippen LogP contribution in [0, 0.1) is 0 Å². The van der Waals surface area contributed by atoms with Gasteiger partial charge in [0, 0.05) is 6.42 Å². The first-order valence-electron chi connectivity index (χ1n) is 3.64. The highest BCUT2D eigenvalue weighted by Gasteiger charge is 2.30. The van der Waals surface area contributed by atoms with Gasteiger partial charge in [-0.2, -0.15) is 0 Å². The molecule has 0 bridgehead atoms. The van der Waals surface area contributed by atoms with Crippen molar-refractivity contribution in [2.45, 2.75) is 13.3 Å². The Labute approximate surface area is 74.3 Å². The molecule has 0 radical (unpaired) electrons. The lowest BCUT2D eigenvalue weighted by Crippen LogP contribution is -2.33. The van der Waals surface area contributed by atoms with Gasteiger partial charge in [-0.05, 0) is 0 Å². The number of amides is 2. The second-order valence-electron chi connectivity index (χ2n) is 2.43. The lowest BCUT2D eigenvalue weighted by molar-refractivity contribution is -0.129. The van der Waals surface area contributed by atoms with Crippen molar-refractivity contribution in [3.63, 3.8) is 0 Å². The van der Waals surface area contributed by atoms with Gasteiger partial charge in [0.25, 0.3) is 5.24 Å². The van der Waals surface area contributed by atoms with Crippen LogP contribution < -0.4 is 0 Å². The highest BCUT2D eigenvalue weighted by Crippen LogP contribution is 2.18. The Morgan fingerprint density at radius 3 is 2.67 bits per heavy atom. The van der Waals surface area contributed by atoms with Crippen LogP contribution in [0.4, 0.5) is 4.79 Å². The molecule has 66 valence electrons. The van der Waals surface area contributed by atoms with Gasteiger partial charge in [0.05, 0.1) is 12.3 Å². The lowest BCUT2D eigenvalue weighted by atomic mass is 10.3. The molecule has 0 unspecified atom stereocenters. The summed E-state index contributed by atoms with van der Waals surface area (Å²) in [6.45, 7) is 1.65. The van der Waals surface area contributed by atoms with E-state index >= 15 is 0 Å². The molecule has 1 aliphatic heterocycles. The summed E-state index contributed by atoms with van der Waals surface area (Å²) in [5.41, 5.74) is 0. The second kappa shape index (κ2) is 3.71. The molecule has 0 N–H and O–H groups in total. The predicted octanol–water partition coefficient (Wildman–Crippen LogP) is 0.661. The van der Waals surface area contributed by atoms with Crippen LogP contribution in [0.25, 0.3) is 0 Å². The van der Waals surface area contributed by atoms with Crippen LogP contribution >= 0.6 is 11.8 Å². The van der Waals surface area contributed by atoms with E-state index in [1.54, 1.807) is 6.92 Å². The Morgan fingerprint density at radius 1 is 1.58 bits per heavy atom. The van der Waals surface area contributed by atoms with Crippen molar-refractivity contribution >= 4 is 28.7 Å². The van der Waals surface area contributed by atoms with E-state index in [1.165, 1.54) is 0 Å². The molecule has 0 saturated carbocycles. The Morgan fingerprint density at radius 2 is 2.25 bits per heavy atom. The van der Waals surface area contributed by atoms with Gasteiger partial charge >= 0.3 is 0 Å². The van der Waals surface area contributed by atoms with Crippen LogP contribution in [-0.4, -0.2) is 34.1 Å². The van der Waals surface area contributed by atoms with Crippen LogP contribution in [0.3, 0.4) is 0 Å². The van der Waals surface area contributed by atoms with E-state index < -0.39 is 0 Å². The fourth-order valence-corrected chi connectivity index (χ4v) is 1.55. The molecule has 1 rings (SSSR count). The topological polar surface area (TPSA) is 54.5 Å². The highest BCUT2D eigenvalue weighted by atomic mass is 32.2. The molecule has 0 aromatic carbocycles. The van der Waals surface area contributed by atoms with Gasteiger partial charge in [-0.1, -0.05) is 18.7 Å². The standard InChI is InChI=1S/C7H9NO3S/c1-2-5(9)3-8-6(10)4-12-7(8)11/h2-4H2,1H3. The van der Waals surface area contributed by atoms with Crippen molar-refractivity contribution in [1.29, 1.82) is 0 Å². The van der Waals surface area contributed by atoms with Gasteiger partial charge in [-0.15, -0.1) is 0 Å². The highest BCUT2D eigenvalue weighted by molar-refractivity contribution is 8.14. The van der Waals surface area contributed by atoms with Gasteiger partial charge in [0.1, 0.15) is 0 Å². The number of hydrogen-bond acceptors (Lipinski definition) is 4. The number of carbonyl (C=O) groups is 3. The zero-order chi connectivity index (χ0) is 9.14. The lowest BCUT2D eigenvalue weighted by Gasteiger charge is -2.09. The molecule has 0 spiro atoms. The molecule has 0 atom stereocenters. The third-order valence-electron chi connectivity index (χ3n) is 1.57. The molecule has 1 aliphatic rings. The zero-order valence-electron chi connectivity index (χ0n) is 6.70. The first-order chi connectivity index (χ1) is 5.65. The summed E-state index contributed by atoms with van der Waals surface area (Å²) in [6.07, 6.45) is 0.363. The van der Waals surface area contributed by atoms with Gasteiger partial charge in [0.15, 0.2) is 5.78 Å². The third kappa shape index (κ3) is 1.85. The monoisotopic (exact) mass is 187 g/mol. The maximum atomic E-state index is 11.0. The largest absolute Gasteiger partial charge is 0.298 e. The summed E-state index contributed by atoms with van der Waals surface area (Å²) >= 11 is 0.951. The average molecular weight is 187 g/mol. The van der Waals surface area contributed by atoms with E-state index in [9.17, 15) is 14.4 Å². The molecule has 12 heavy (non-hydrogen) atoms. The summed E-state index contributed by atoms with van der Waals surface area (Å²) in [5.74, 6) is -0.165. The molecular weight excluding hydrogens is 178 g/mol. The average Bonchev–Trinajstić information content (AvgIpc) is 2.35. The van der Waals surface area contributed by atoms with Gasteiger partial charge < -0.3 is 0 Å². The number of ketones is 1. The summed E-state index contributed by atoms with van der Waals surface area (Å²) in [6, 6.07) is 0. The molecule has 4 nitrogen and oxygen atoms in total. The Balaban J connectivity index is 2.56. The van der Waals surface area contributed by atoms with Crippen molar-refractivity contribution in [2.24, 2.45) is 0 Å². The van der Waals surface area contributed by atoms with E-state index in [0.29, 0.717) is 6.42 Å². The SMILES string of the molecule is CCC(=O)CN1C(=O)CSC1=O. The van der Waals surface area contributed by atoms with Crippen LogP contribution in [0.5, 0.6) is 0 Å². The molecule has 0 aromatic rings. The second-order valence-corrected chi connectivity index (χ2v) is 3.35. The van der Waals surface area contributed by atoms with E-state index in [0.717, 1.165) is 16.7 Å². The van der Waals surface area contributed by atoms with E-state index in [1.807, 2.05) is 0 Å². The molecule has 1 saturated heterocycles. The Hall–Kier alpha value is -0.840. The maximum absolute atomic E-state index is 11.0. The van der Waals surface area contributed by atoms with Crippen LogP contribution in [0.2, 0.25) is 0 Å². The number of imide groups is 1. The Bertz CT molecular complexity index is 223. The predicted molar refractivity (Wildman–Crippen MR) is 44.9 cm³/mol. The number of thioether (sulfide) groups is 1. The number of rotatable bonds is 3. The van der Waals surface area contributed by atoms with Gasteiger partial charge in [-0.3, -0.25) is 19.3 Å². The van der Waals surface area contributed by atoms with Crippen molar-refractivity contribution < 1.29 is 14.4 Å². The van der Waals surface area contributed by atoms with Gasteiger partial charge in [-0.25, -0.2) is 0 Å². The van der Waals surface area contributed by atoms with E-state index in [4.69, 9.17) is 0 Å². The number of Topliss-reactive ketones (excluding diaryl/α,β-unsaturated/α-hetero) is 1. The molecule has 0 aliphatic carbocycles. The minimum Gasteiger partial charge on any atom is -0.298 e. The molecule has 5 heteroatoms. The van der Waals surface area contributed by atoms with E-state index in [2.05, 4.69) is 0 Å². The first kappa shape index (κ1) is 9.25. The number of carbonyl (C=O) groups excluding carboxylic acids is 3. The molecule has 0 aromatic heterocycles. The normalized spacial score (nSPS) is 17.2. The minimum absolute atomic E-state index is 0.0544. The van der Waals surface area contributed by atoms with Crippen molar-refractivity contribution in [2.75, 3.05) is 12.3 Å². The fourth-order valence-electron chi connectivity index (χ4n) is 0.822. The smallest absolute Gasteiger partial charge is 0.289 e. The van der Waals surface area contributed by atoms with Crippen LogP contribution in [-0.2, 0) is 9.59 Å². The Kier molecular flexibility index (Phi) is 2.86. The number of hydrogen-bond donors (Lipinski definition) is 0. The van der Waals surface area contributed by atoms with Crippen molar-refractivity contribution in [3.8, 4) is 0 Å². The van der Waals surface area contributed by atoms with Crippen LogP contribution in [0.15, 0.2) is 0 Å². The number of nitrogens with zero attached hydrogens (tertiary/aromatic N) is 1. The summed E-state index contributed by atoms with van der Waals surface area (Å²) in [4.78, 5) is 33.8. The van der Waals surface area contributed by atoms with Crippen LogP contribution in [0.1, 0.15) is 13.3 Å². The molecule has 1 fully saturated rings. The molecule has 2 amide bonds. The zero-order valence-corrected chi connectivity index (χ0v) is 7.52. The van der Waals surface area contributed by atoms with Crippen molar-refractivity contribution in [1.82, 2.24) is 4.90 Å². The van der Waals surface area contributed by atoms with Gasteiger partial charge in [0.2, 0.25) is 5.91 Å². The summed E-state index contributed by atoms with van der Waals surface area (Å²) in [5, 5.41) is -0.304. The van der Waals surface area contributed by atoms with E-state index in [-0.39, 0.29) is 29.2 Å². The molecular formula is C7H9NO3S. The first-order valence-corrected chi connectivity index (χ1v) is 4.62. The molecule has 1 heterocycles. The maximum Gasteiger partial charge on any atom is 0.289 e. The third-order valence-corrected chi connectivity index (χ3v) is 2.43. The minimum atomic E-state index is -0.304. The van der Waals surface area contributed by atoms with Crippen molar-refractivity contribution in [3.05, 3.63) is 0 Å².